The van der Waals surface area contributed by atoms with Crippen molar-refractivity contribution in [3.63, 3.8) is 0 Å². The Bertz CT molecular complexity index is 967. The van der Waals surface area contributed by atoms with Crippen molar-refractivity contribution in [3.05, 3.63) is 59.7 Å². The fraction of sp³-hybridized carbons (Fsp3) is 0.622. The van der Waals surface area contributed by atoms with E-state index in [9.17, 15) is 14.7 Å². The van der Waals surface area contributed by atoms with Gasteiger partial charge in [0, 0.05) is 12.0 Å². The van der Waals surface area contributed by atoms with E-state index in [0.29, 0.717) is 29.9 Å². The van der Waals surface area contributed by atoms with Crippen molar-refractivity contribution in [2.75, 3.05) is 6.61 Å². The predicted octanol–water partition coefficient (Wildman–Crippen LogP) is 10.3. The molecule has 0 aliphatic rings. The molecule has 2 rings (SSSR count). The number of aliphatic hydroxyl groups excluding tert-OH is 1. The maximum Gasteiger partial charge on any atom is 0.343 e. The van der Waals surface area contributed by atoms with Crippen molar-refractivity contribution >= 4 is 11.8 Å². The quantitative estimate of drug-likeness (QED) is 0.0547. The molecule has 234 valence electrons. The summed E-state index contributed by atoms with van der Waals surface area (Å²) >= 11 is 0. The van der Waals surface area contributed by atoms with Crippen molar-refractivity contribution in [1.29, 1.82) is 0 Å². The van der Waals surface area contributed by atoms with E-state index in [1.165, 1.54) is 83.5 Å². The third kappa shape index (κ3) is 16.1. The van der Waals surface area contributed by atoms with E-state index < -0.39 is 12.1 Å². The number of esters is 1. The van der Waals surface area contributed by atoms with E-state index in [-0.39, 0.29) is 12.2 Å². The minimum atomic E-state index is -0.618. The van der Waals surface area contributed by atoms with E-state index in [1.807, 2.05) is 0 Å². The largest absolute Gasteiger partial charge is 0.494 e. The molecule has 0 amide bonds. The fourth-order valence-corrected chi connectivity index (χ4v) is 5.11. The van der Waals surface area contributed by atoms with Gasteiger partial charge in [0.2, 0.25) is 0 Å². The van der Waals surface area contributed by atoms with Crippen LogP contribution < -0.4 is 9.47 Å². The third-order valence-electron chi connectivity index (χ3n) is 7.81. The minimum Gasteiger partial charge on any atom is -0.494 e. The number of hydrogen-bond acceptors (Lipinski definition) is 5. The number of aliphatic hydroxyl groups is 1. The molecule has 0 saturated carbocycles. The van der Waals surface area contributed by atoms with Gasteiger partial charge in [-0.3, -0.25) is 4.79 Å². The summed E-state index contributed by atoms with van der Waals surface area (Å²) in [6.07, 6.45) is 21.9. The lowest BCUT2D eigenvalue weighted by Gasteiger charge is -2.10. The van der Waals surface area contributed by atoms with Gasteiger partial charge in [0.15, 0.2) is 5.78 Å². The zero-order valence-corrected chi connectivity index (χ0v) is 26.4. The highest BCUT2D eigenvalue weighted by molar-refractivity contribution is 5.96. The topological polar surface area (TPSA) is 72.8 Å². The standard InChI is InChI=1S/C37H56O5/c1-3-5-7-8-9-10-11-12-13-14-15-16-17-19-29-41-34-25-23-32(24-26-34)37(40)42-35-27-21-31(22-28-35)36(39)30-33(38)20-18-6-4-2/h21-28,33,38H,3-20,29-30H2,1-2H3. The molecule has 0 saturated heterocycles. The zero-order chi connectivity index (χ0) is 30.3. The van der Waals surface area contributed by atoms with Gasteiger partial charge in [0.25, 0.3) is 0 Å². The lowest BCUT2D eigenvalue weighted by Crippen LogP contribution is -2.13. The van der Waals surface area contributed by atoms with Gasteiger partial charge in [-0.25, -0.2) is 4.79 Å². The van der Waals surface area contributed by atoms with E-state index in [4.69, 9.17) is 9.47 Å². The number of benzene rings is 2. The number of hydrogen-bond donors (Lipinski definition) is 1. The van der Waals surface area contributed by atoms with Crippen molar-refractivity contribution < 1.29 is 24.2 Å². The number of carbonyl (C=O) groups is 2. The van der Waals surface area contributed by atoms with Crippen LogP contribution in [0.5, 0.6) is 11.5 Å². The Hall–Kier alpha value is -2.66. The maximum absolute atomic E-state index is 12.6. The van der Waals surface area contributed by atoms with Crippen LogP contribution in [0, 0.1) is 0 Å². The Morgan fingerprint density at radius 2 is 1.05 bits per heavy atom. The van der Waals surface area contributed by atoms with Gasteiger partial charge in [-0.15, -0.1) is 0 Å². The summed E-state index contributed by atoms with van der Waals surface area (Å²) in [5.74, 6) is 0.555. The first-order chi connectivity index (χ1) is 20.5. The summed E-state index contributed by atoms with van der Waals surface area (Å²) in [6.45, 7) is 5.06. The van der Waals surface area contributed by atoms with E-state index >= 15 is 0 Å². The van der Waals surface area contributed by atoms with E-state index in [1.54, 1.807) is 48.5 Å². The smallest absolute Gasteiger partial charge is 0.343 e. The highest BCUT2D eigenvalue weighted by Gasteiger charge is 2.14. The Morgan fingerprint density at radius 1 is 0.595 bits per heavy atom. The molecule has 2 aromatic rings. The Balaban J connectivity index is 1.55. The molecule has 0 heterocycles. The fourth-order valence-electron chi connectivity index (χ4n) is 5.11. The van der Waals surface area contributed by atoms with Crippen molar-refractivity contribution in [1.82, 2.24) is 0 Å². The van der Waals surface area contributed by atoms with Gasteiger partial charge in [-0.2, -0.15) is 0 Å². The van der Waals surface area contributed by atoms with Gasteiger partial charge in [-0.05, 0) is 61.4 Å². The summed E-state index contributed by atoms with van der Waals surface area (Å²) in [5, 5.41) is 10.1. The molecule has 0 radical (unpaired) electrons. The van der Waals surface area contributed by atoms with Crippen LogP contribution in [0.2, 0.25) is 0 Å². The molecule has 1 unspecified atom stereocenters. The minimum absolute atomic E-state index is 0.108. The molecule has 5 heteroatoms. The maximum atomic E-state index is 12.6. The molecule has 2 aromatic carbocycles. The summed E-state index contributed by atoms with van der Waals surface area (Å²) in [7, 11) is 0. The van der Waals surface area contributed by atoms with Crippen LogP contribution in [0.3, 0.4) is 0 Å². The number of ketones is 1. The van der Waals surface area contributed by atoms with Gasteiger partial charge in [0.1, 0.15) is 11.5 Å². The highest BCUT2D eigenvalue weighted by atomic mass is 16.5. The van der Waals surface area contributed by atoms with Gasteiger partial charge >= 0.3 is 5.97 Å². The first-order valence-electron chi connectivity index (χ1n) is 16.8. The van der Waals surface area contributed by atoms with Gasteiger partial charge in [0.05, 0.1) is 18.3 Å². The number of unbranched alkanes of at least 4 members (excludes halogenated alkanes) is 15. The van der Waals surface area contributed by atoms with Crippen molar-refractivity contribution in [2.24, 2.45) is 0 Å². The lowest BCUT2D eigenvalue weighted by molar-refractivity contribution is 0.0734. The second kappa shape index (κ2) is 22.9. The Labute approximate surface area is 255 Å². The number of carbonyl (C=O) groups excluding carboxylic acids is 2. The molecule has 5 nitrogen and oxygen atoms in total. The average molecular weight is 581 g/mol. The van der Waals surface area contributed by atoms with Crippen LogP contribution in [0.1, 0.15) is 157 Å². The molecular weight excluding hydrogens is 524 g/mol. The van der Waals surface area contributed by atoms with E-state index in [0.717, 1.165) is 31.4 Å². The van der Waals surface area contributed by atoms with Crippen LogP contribution in [0.25, 0.3) is 0 Å². The summed E-state index contributed by atoms with van der Waals surface area (Å²) in [6, 6.07) is 13.5. The molecule has 1 atom stereocenters. The van der Waals surface area contributed by atoms with Crippen molar-refractivity contribution in [3.8, 4) is 11.5 Å². The molecule has 42 heavy (non-hydrogen) atoms. The van der Waals surface area contributed by atoms with Crippen LogP contribution in [0.4, 0.5) is 0 Å². The molecule has 0 aliphatic heterocycles. The second-order valence-electron chi connectivity index (χ2n) is 11.7. The third-order valence-corrected chi connectivity index (χ3v) is 7.81. The lowest BCUT2D eigenvalue weighted by atomic mass is 10.0. The molecular formula is C37H56O5. The molecule has 0 aromatic heterocycles. The van der Waals surface area contributed by atoms with E-state index in [2.05, 4.69) is 13.8 Å². The zero-order valence-electron chi connectivity index (χ0n) is 26.4. The molecule has 0 spiro atoms. The molecule has 0 fully saturated rings. The predicted molar refractivity (Wildman–Crippen MR) is 173 cm³/mol. The highest BCUT2D eigenvalue weighted by Crippen LogP contribution is 2.19. The monoisotopic (exact) mass is 580 g/mol. The van der Waals surface area contributed by atoms with Crippen LogP contribution >= 0.6 is 0 Å². The van der Waals surface area contributed by atoms with Crippen LogP contribution in [-0.4, -0.2) is 29.6 Å². The van der Waals surface area contributed by atoms with Gasteiger partial charge < -0.3 is 14.6 Å². The first kappa shape index (κ1) is 35.5. The number of Topliss-reactive ketones (excluding diaryl/α,β-unsaturated/α-hetero) is 1. The summed E-state index contributed by atoms with van der Waals surface area (Å²) < 4.78 is 11.3. The summed E-state index contributed by atoms with van der Waals surface area (Å²) in [4.78, 5) is 25.0. The average Bonchev–Trinajstić information content (AvgIpc) is 3.00. The number of rotatable bonds is 25. The molecule has 0 bridgehead atoms. The first-order valence-corrected chi connectivity index (χ1v) is 16.8. The molecule has 1 N–H and O–H groups in total. The van der Waals surface area contributed by atoms with Gasteiger partial charge in [-0.1, -0.05) is 117 Å². The van der Waals surface area contributed by atoms with Crippen molar-refractivity contribution in [2.45, 2.75) is 142 Å². The molecule has 0 aliphatic carbocycles. The normalized spacial score (nSPS) is 11.8. The SMILES string of the molecule is CCCCCCCCCCCCCCCCOc1ccc(C(=O)Oc2ccc(C(=O)CC(O)CCCCC)cc2)cc1. The summed E-state index contributed by atoms with van der Waals surface area (Å²) in [5.41, 5.74) is 0.943. The second-order valence-corrected chi connectivity index (χ2v) is 11.7. The number of ether oxygens (including phenoxy) is 2. The Morgan fingerprint density at radius 3 is 1.60 bits per heavy atom. The van der Waals surface area contributed by atoms with Crippen LogP contribution in [-0.2, 0) is 0 Å². The van der Waals surface area contributed by atoms with Crippen LogP contribution in [0.15, 0.2) is 48.5 Å². The Kier molecular flexibility index (Phi) is 19.4.